The molecule has 2 atom stereocenters. The molecule has 0 fully saturated rings. The van der Waals surface area contributed by atoms with Gasteiger partial charge in [0.05, 0.1) is 35.6 Å². The van der Waals surface area contributed by atoms with E-state index in [1.165, 1.54) is 19.2 Å². The Hall–Kier alpha value is -4.64. The number of halogens is 1. The van der Waals surface area contributed by atoms with Crippen LogP contribution >= 0.6 is 7.37 Å². The lowest BCUT2D eigenvalue weighted by Gasteiger charge is -2.45. The summed E-state index contributed by atoms with van der Waals surface area (Å²) in [4.78, 5) is 17.4. The van der Waals surface area contributed by atoms with Crippen LogP contribution in [0, 0.1) is 24.3 Å². The van der Waals surface area contributed by atoms with Crippen molar-refractivity contribution in [1.29, 1.82) is 0 Å². The number of aryl methyl sites for hydroxylation is 1. The van der Waals surface area contributed by atoms with Crippen molar-refractivity contribution in [1.82, 2.24) is 4.98 Å². The molecule has 1 N–H and O–H groups in total. The Balaban J connectivity index is 1.65. The van der Waals surface area contributed by atoms with Crippen molar-refractivity contribution in [2.24, 2.45) is 0 Å². The monoisotopic (exact) mass is 733 g/mol. The number of aromatic nitrogens is 1. The van der Waals surface area contributed by atoms with E-state index in [0.717, 1.165) is 38.3 Å². The van der Waals surface area contributed by atoms with E-state index >= 15 is 0 Å². The number of rotatable bonds is 12. The van der Waals surface area contributed by atoms with Gasteiger partial charge in [0, 0.05) is 18.2 Å². The highest BCUT2D eigenvalue weighted by atomic mass is 31.2. The highest BCUT2D eigenvalue weighted by Crippen LogP contribution is 2.48. The fourth-order valence-electron chi connectivity index (χ4n) is 6.82. The van der Waals surface area contributed by atoms with Gasteiger partial charge in [0.1, 0.15) is 5.82 Å². The second-order valence-electron chi connectivity index (χ2n) is 13.8. The van der Waals surface area contributed by atoms with Gasteiger partial charge in [0.2, 0.25) is 0 Å². The number of carboxylic acids is 1. The third kappa shape index (κ3) is 8.35. The molecule has 1 aromatic heterocycles. The van der Waals surface area contributed by atoms with Crippen LogP contribution in [-0.2, 0) is 24.7 Å². The molecule has 0 aliphatic heterocycles. The minimum atomic E-state index is -3.85. The Bertz CT molecular complexity index is 2070. The van der Waals surface area contributed by atoms with E-state index in [-0.39, 0.29) is 12.0 Å². The zero-order valence-electron chi connectivity index (χ0n) is 30.5. The Morgan fingerprint density at radius 2 is 1.42 bits per heavy atom. The number of pyridine rings is 1. The molecule has 1 unspecified atom stereocenters. The smallest absolute Gasteiger partial charge is 0.305 e. The normalized spacial score (nSPS) is 13.4. The molecule has 0 aliphatic carbocycles. The van der Waals surface area contributed by atoms with Gasteiger partial charge in [-0.1, -0.05) is 137 Å². The van der Waals surface area contributed by atoms with Gasteiger partial charge in [-0.15, -0.1) is 0 Å². The Morgan fingerprint density at radius 1 is 0.885 bits per heavy atom. The summed E-state index contributed by atoms with van der Waals surface area (Å²) in [6, 6.07) is 35.8. The molecule has 6 nitrogen and oxygen atoms in total. The standard InChI is InChI=1S/C43H45FNO5PSi/c1-7-39-38(41(32-23-25-34(44)26-24-32)31(2)42(45-39)33-17-11-8-12-18-33)27-28-51(48,49-6)30-35(29-40(46)47)50-52(43(3,4)5,36-19-13-9-14-20-36)37-21-15-10-16-22-37/h8-26,35H,7,29-30H2,1-6H3,(H,46,47)/t35-,51?/m0/s1. The average Bonchev–Trinajstić information content (AvgIpc) is 3.13. The zero-order valence-corrected chi connectivity index (χ0v) is 32.4. The van der Waals surface area contributed by atoms with Crippen LogP contribution in [0.3, 0.4) is 0 Å². The predicted octanol–water partition coefficient (Wildman–Crippen LogP) is 9.08. The quantitative estimate of drug-likeness (QED) is 0.0783. The first-order valence-electron chi connectivity index (χ1n) is 17.4. The van der Waals surface area contributed by atoms with Crippen LogP contribution in [0.5, 0.6) is 0 Å². The number of benzene rings is 4. The molecule has 0 spiro atoms. The van der Waals surface area contributed by atoms with Gasteiger partial charge < -0.3 is 14.1 Å². The number of aliphatic carboxylic acids is 1. The summed E-state index contributed by atoms with van der Waals surface area (Å²) in [5, 5.41) is 11.6. The summed E-state index contributed by atoms with van der Waals surface area (Å²) in [5.41, 5.74) is 8.25. The van der Waals surface area contributed by atoms with Gasteiger partial charge in [0.15, 0.2) is 0 Å². The van der Waals surface area contributed by atoms with Gasteiger partial charge in [-0.05, 0) is 57.7 Å². The average molecular weight is 734 g/mol. The first-order chi connectivity index (χ1) is 24.8. The fraction of sp³-hybridized carbons (Fsp3) is 0.256. The summed E-state index contributed by atoms with van der Waals surface area (Å²) in [7, 11) is -5.74. The first-order valence-corrected chi connectivity index (χ1v) is 21.1. The van der Waals surface area contributed by atoms with Crippen LogP contribution in [0.2, 0.25) is 5.04 Å². The maximum Gasteiger partial charge on any atom is 0.305 e. The van der Waals surface area contributed by atoms with E-state index in [0.29, 0.717) is 17.7 Å². The summed E-state index contributed by atoms with van der Waals surface area (Å²) < 4.78 is 41.7. The minimum absolute atomic E-state index is 0.241. The Labute approximate surface area is 307 Å². The van der Waals surface area contributed by atoms with Gasteiger partial charge in [-0.3, -0.25) is 14.3 Å². The number of hydrogen-bond donors (Lipinski definition) is 1. The maximum absolute atomic E-state index is 14.7. The number of hydrogen-bond acceptors (Lipinski definition) is 5. The second kappa shape index (κ2) is 16.4. The highest BCUT2D eigenvalue weighted by molar-refractivity contribution is 7.64. The van der Waals surface area contributed by atoms with Crippen LogP contribution in [0.25, 0.3) is 22.4 Å². The van der Waals surface area contributed by atoms with E-state index in [4.69, 9.17) is 13.9 Å². The van der Waals surface area contributed by atoms with Crippen LogP contribution in [0.15, 0.2) is 115 Å². The third-order valence-corrected chi connectivity index (χ3v) is 16.3. The molecule has 5 rings (SSSR count). The number of carbonyl (C=O) groups is 1. The van der Waals surface area contributed by atoms with E-state index in [2.05, 4.69) is 32.4 Å². The van der Waals surface area contributed by atoms with Crippen molar-refractivity contribution in [3.8, 4) is 34.0 Å². The molecule has 5 aromatic rings. The molecule has 9 heteroatoms. The molecule has 0 bridgehead atoms. The van der Waals surface area contributed by atoms with Crippen LogP contribution in [0.4, 0.5) is 4.39 Å². The van der Waals surface area contributed by atoms with Crippen LogP contribution in [-0.4, -0.2) is 43.8 Å². The zero-order chi connectivity index (χ0) is 37.5. The lowest BCUT2D eigenvalue weighted by Crippen LogP contribution is -2.68. The largest absolute Gasteiger partial charge is 0.481 e. The molecule has 0 aliphatic rings. The van der Waals surface area contributed by atoms with Crippen molar-refractivity contribution >= 4 is 32.0 Å². The van der Waals surface area contributed by atoms with Gasteiger partial charge in [-0.25, -0.2) is 4.39 Å². The molecule has 1 heterocycles. The van der Waals surface area contributed by atoms with E-state index < -0.39 is 39.2 Å². The Morgan fingerprint density at radius 3 is 1.90 bits per heavy atom. The van der Waals surface area contributed by atoms with Crippen molar-refractivity contribution in [3.05, 3.63) is 138 Å². The van der Waals surface area contributed by atoms with Crippen LogP contribution < -0.4 is 10.4 Å². The van der Waals surface area contributed by atoms with Crippen molar-refractivity contribution in [2.45, 2.75) is 58.6 Å². The molecule has 0 saturated carbocycles. The second-order valence-corrected chi connectivity index (χ2v) is 20.3. The Kier molecular flexibility index (Phi) is 12.1. The van der Waals surface area contributed by atoms with E-state index in [1.807, 2.05) is 105 Å². The molecule has 0 radical (unpaired) electrons. The summed E-state index contributed by atoms with van der Waals surface area (Å²) in [5.74, 6) is 1.74. The molecular weight excluding hydrogens is 689 g/mol. The topological polar surface area (TPSA) is 85.7 Å². The highest BCUT2D eigenvalue weighted by Gasteiger charge is 2.52. The van der Waals surface area contributed by atoms with Gasteiger partial charge in [-0.2, -0.15) is 0 Å². The number of carboxylic acid groups (broad SMARTS) is 1. The van der Waals surface area contributed by atoms with E-state index in [9.17, 15) is 18.9 Å². The predicted molar refractivity (Wildman–Crippen MR) is 210 cm³/mol. The van der Waals surface area contributed by atoms with Crippen LogP contribution in [0.1, 0.15) is 50.9 Å². The van der Waals surface area contributed by atoms with Crippen molar-refractivity contribution < 1.29 is 27.8 Å². The molecule has 52 heavy (non-hydrogen) atoms. The molecule has 0 saturated heterocycles. The van der Waals surface area contributed by atoms with E-state index in [1.54, 1.807) is 12.1 Å². The molecule has 268 valence electrons. The lowest BCUT2D eigenvalue weighted by molar-refractivity contribution is -0.138. The SMILES string of the molecule is CCc1nc(-c2ccccc2)c(C)c(-c2ccc(F)cc2)c1C#CP(=O)(C[C@H](CC(=O)O)O[Si](c1ccccc1)(c1ccccc1)C(C)(C)C)OC. The van der Waals surface area contributed by atoms with Crippen molar-refractivity contribution in [3.63, 3.8) is 0 Å². The molecular formula is C43H45FNO5PSi. The van der Waals surface area contributed by atoms with Gasteiger partial charge in [0.25, 0.3) is 15.7 Å². The summed E-state index contributed by atoms with van der Waals surface area (Å²) >= 11 is 0. The molecule has 0 amide bonds. The maximum atomic E-state index is 14.7. The summed E-state index contributed by atoms with van der Waals surface area (Å²) in [6.07, 6.45) is -1.11. The first kappa shape index (κ1) is 38.6. The summed E-state index contributed by atoms with van der Waals surface area (Å²) in [6.45, 7) is 10.2. The fourth-order valence-corrected chi connectivity index (χ4v) is 13.0. The minimum Gasteiger partial charge on any atom is -0.481 e. The molecule has 4 aromatic carbocycles. The number of nitrogens with zero attached hydrogens (tertiary/aromatic N) is 1. The van der Waals surface area contributed by atoms with Gasteiger partial charge >= 0.3 is 5.97 Å². The third-order valence-electron chi connectivity index (χ3n) is 9.28. The lowest BCUT2D eigenvalue weighted by atomic mass is 9.91. The van der Waals surface area contributed by atoms with Crippen molar-refractivity contribution in [2.75, 3.05) is 13.3 Å².